The highest BCUT2D eigenvalue weighted by atomic mass is 35.5. The zero-order chi connectivity index (χ0) is 20.5. The van der Waals surface area contributed by atoms with Gasteiger partial charge in [-0.05, 0) is 35.4 Å². The number of nitrogens with zero attached hydrogens (tertiary/aromatic N) is 4. The molecule has 2 aliphatic rings. The SMILES string of the molecule is O=c1cc(C2=CCc3ncc(N4CCOCC4)cc32)ccn1Cc1cccc(Cl)n1. The molecule has 7 heteroatoms. The van der Waals surface area contributed by atoms with Gasteiger partial charge in [0.2, 0.25) is 0 Å². The average Bonchev–Trinajstić information content (AvgIpc) is 3.19. The van der Waals surface area contributed by atoms with Crippen LogP contribution in [0.15, 0.2) is 59.7 Å². The van der Waals surface area contributed by atoms with E-state index in [0.29, 0.717) is 11.7 Å². The molecule has 0 amide bonds. The van der Waals surface area contributed by atoms with Crippen molar-refractivity contribution >= 4 is 22.9 Å². The van der Waals surface area contributed by atoms with Gasteiger partial charge in [-0.15, -0.1) is 0 Å². The Labute approximate surface area is 179 Å². The van der Waals surface area contributed by atoms with Gasteiger partial charge in [0, 0.05) is 37.3 Å². The fourth-order valence-corrected chi connectivity index (χ4v) is 4.15. The Morgan fingerprint density at radius 2 is 2.00 bits per heavy atom. The Balaban J connectivity index is 1.42. The third-order valence-corrected chi connectivity index (χ3v) is 5.74. The molecule has 0 saturated carbocycles. The van der Waals surface area contributed by atoms with Crippen LogP contribution in [0.5, 0.6) is 0 Å². The summed E-state index contributed by atoms with van der Waals surface area (Å²) in [4.78, 5) is 24.0. The molecule has 6 nitrogen and oxygen atoms in total. The summed E-state index contributed by atoms with van der Waals surface area (Å²) in [5, 5.41) is 0.424. The first kappa shape index (κ1) is 19.0. The highest BCUT2D eigenvalue weighted by Gasteiger charge is 2.20. The highest BCUT2D eigenvalue weighted by molar-refractivity contribution is 6.29. The quantitative estimate of drug-likeness (QED) is 0.607. The first-order chi connectivity index (χ1) is 14.7. The van der Waals surface area contributed by atoms with E-state index >= 15 is 0 Å². The van der Waals surface area contributed by atoms with E-state index in [1.807, 2.05) is 30.6 Å². The molecular weight excluding hydrogens is 400 g/mol. The van der Waals surface area contributed by atoms with Crippen molar-refractivity contribution in [3.05, 3.63) is 92.9 Å². The summed E-state index contributed by atoms with van der Waals surface area (Å²) in [5.74, 6) is 0. The molecule has 0 unspecified atom stereocenters. The van der Waals surface area contributed by atoms with Gasteiger partial charge < -0.3 is 14.2 Å². The fourth-order valence-electron chi connectivity index (χ4n) is 3.97. The molecular formula is C23H21ClN4O2. The molecule has 1 fully saturated rings. The predicted molar refractivity (Wildman–Crippen MR) is 117 cm³/mol. The van der Waals surface area contributed by atoms with Crippen LogP contribution >= 0.6 is 11.6 Å². The number of allylic oxidation sites excluding steroid dienone is 1. The fraction of sp³-hybridized carbons (Fsp3) is 0.261. The zero-order valence-electron chi connectivity index (χ0n) is 16.4. The summed E-state index contributed by atoms with van der Waals surface area (Å²) in [7, 11) is 0. The first-order valence-electron chi connectivity index (χ1n) is 10.0. The molecule has 0 spiro atoms. The summed E-state index contributed by atoms with van der Waals surface area (Å²) in [6.45, 7) is 3.59. The van der Waals surface area contributed by atoms with E-state index in [0.717, 1.165) is 66.5 Å². The molecule has 4 heterocycles. The lowest BCUT2D eigenvalue weighted by atomic mass is 10.0. The topological polar surface area (TPSA) is 60.3 Å². The third kappa shape index (κ3) is 3.76. The Kier molecular flexibility index (Phi) is 5.11. The van der Waals surface area contributed by atoms with Crippen molar-refractivity contribution in [1.82, 2.24) is 14.5 Å². The van der Waals surface area contributed by atoms with E-state index in [2.05, 4.69) is 27.0 Å². The molecule has 0 bridgehead atoms. The molecule has 0 N–H and O–H groups in total. The van der Waals surface area contributed by atoms with Crippen LogP contribution < -0.4 is 10.5 Å². The summed E-state index contributed by atoms with van der Waals surface area (Å²) < 4.78 is 7.10. The number of aromatic nitrogens is 3. The Bertz CT molecular complexity index is 1180. The van der Waals surface area contributed by atoms with E-state index in [4.69, 9.17) is 16.3 Å². The van der Waals surface area contributed by atoms with Crippen molar-refractivity contribution < 1.29 is 4.74 Å². The van der Waals surface area contributed by atoms with Gasteiger partial charge in [0.05, 0.1) is 43.0 Å². The van der Waals surface area contributed by atoms with Crippen LogP contribution in [0, 0.1) is 0 Å². The maximum Gasteiger partial charge on any atom is 0.251 e. The Morgan fingerprint density at radius 3 is 2.80 bits per heavy atom. The number of hydrogen-bond acceptors (Lipinski definition) is 5. The minimum absolute atomic E-state index is 0.0686. The average molecular weight is 421 g/mol. The van der Waals surface area contributed by atoms with Gasteiger partial charge in [-0.1, -0.05) is 23.7 Å². The van der Waals surface area contributed by atoms with Gasteiger partial charge in [-0.2, -0.15) is 0 Å². The maximum absolute atomic E-state index is 12.7. The lowest BCUT2D eigenvalue weighted by Gasteiger charge is -2.29. The minimum atomic E-state index is -0.0686. The largest absolute Gasteiger partial charge is 0.378 e. The van der Waals surface area contributed by atoms with Crippen molar-refractivity contribution in [1.29, 1.82) is 0 Å². The van der Waals surface area contributed by atoms with E-state index in [-0.39, 0.29) is 5.56 Å². The van der Waals surface area contributed by atoms with Crippen molar-refractivity contribution in [2.24, 2.45) is 0 Å². The number of morpholine rings is 1. The van der Waals surface area contributed by atoms with E-state index < -0.39 is 0 Å². The molecule has 5 rings (SSSR count). The maximum atomic E-state index is 12.7. The van der Waals surface area contributed by atoms with E-state index in [1.54, 1.807) is 16.7 Å². The highest BCUT2D eigenvalue weighted by Crippen LogP contribution is 2.33. The molecule has 30 heavy (non-hydrogen) atoms. The molecule has 1 aliphatic heterocycles. The van der Waals surface area contributed by atoms with Gasteiger partial charge in [0.25, 0.3) is 5.56 Å². The Hall–Kier alpha value is -2.96. The van der Waals surface area contributed by atoms with Crippen molar-refractivity contribution in [3.63, 3.8) is 0 Å². The summed E-state index contributed by atoms with van der Waals surface area (Å²) in [6, 6.07) is 11.3. The number of pyridine rings is 3. The second kappa shape index (κ2) is 8.05. The summed E-state index contributed by atoms with van der Waals surface area (Å²) >= 11 is 5.96. The standard InChI is InChI=1S/C23H21ClN4O2/c24-22-3-1-2-17(26-22)15-28-7-6-16(12-23(28)29)19-4-5-21-20(19)13-18(14-25-21)27-8-10-30-11-9-27/h1-4,6-7,12-14H,5,8-11,15H2. The molecule has 0 aromatic carbocycles. The summed E-state index contributed by atoms with van der Waals surface area (Å²) in [6.07, 6.45) is 6.69. The number of halogens is 1. The predicted octanol–water partition coefficient (Wildman–Crippen LogP) is 3.16. The molecule has 3 aromatic heterocycles. The van der Waals surface area contributed by atoms with Gasteiger partial charge in [-0.3, -0.25) is 9.78 Å². The second-order valence-corrected chi connectivity index (χ2v) is 7.83. The number of rotatable bonds is 4. The molecule has 1 aliphatic carbocycles. The van der Waals surface area contributed by atoms with E-state index in [9.17, 15) is 4.79 Å². The van der Waals surface area contributed by atoms with Crippen LogP contribution in [0.2, 0.25) is 5.15 Å². The van der Waals surface area contributed by atoms with Gasteiger partial charge >= 0.3 is 0 Å². The monoisotopic (exact) mass is 420 g/mol. The lowest BCUT2D eigenvalue weighted by Crippen LogP contribution is -2.36. The smallest absolute Gasteiger partial charge is 0.251 e. The first-order valence-corrected chi connectivity index (χ1v) is 10.4. The van der Waals surface area contributed by atoms with Gasteiger partial charge in [-0.25, -0.2) is 4.98 Å². The van der Waals surface area contributed by atoms with Crippen molar-refractivity contribution in [2.75, 3.05) is 31.2 Å². The minimum Gasteiger partial charge on any atom is -0.378 e. The third-order valence-electron chi connectivity index (χ3n) is 5.53. The van der Waals surface area contributed by atoms with Crippen LogP contribution in [-0.2, 0) is 17.7 Å². The summed E-state index contributed by atoms with van der Waals surface area (Å²) in [5.41, 5.74) is 5.92. The van der Waals surface area contributed by atoms with Crippen LogP contribution in [0.3, 0.4) is 0 Å². The number of fused-ring (bicyclic) bond motifs is 1. The van der Waals surface area contributed by atoms with Crippen LogP contribution in [0.4, 0.5) is 5.69 Å². The van der Waals surface area contributed by atoms with Gasteiger partial charge in [0.15, 0.2) is 0 Å². The van der Waals surface area contributed by atoms with Crippen molar-refractivity contribution in [3.8, 4) is 0 Å². The van der Waals surface area contributed by atoms with Crippen LogP contribution in [0.1, 0.15) is 22.5 Å². The number of anilines is 1. The number of hydrogen-bond donors (Lipinski definition) is 0. The van der Waals surface area contributed by atoms with E-state index in [1.165, 1.54) is 0 Å². The molecule has 0 radical (unpaired) electrons. The van der Waals surface area contributed by atoms with Crippen LogP contribution in [-0.4, -0.2) is 40.8 Å². The van der Waals surface area contributed by atoms with Gasteiger partial charge in [0.1, 0.15) is 5.15 Å². The number of ether oxygens (including phenoxy) is 1. The normalized spacial score (nSPS) is 15.8. The molecule has 3 aromatic rings. The van der Waals surface area contributed by atoms with Crippen molar-refractivity contribution in [2.45, 2.75) is 13.0 Å². The Morgan fingerprint density at radius 1 is 1.13 bits per heavy atom. The molecule has 152 valence electrons. The van der Waals surface area contributed by atoms with Crippen LogP contribution in [0.25, 0.3) is 5.57 Å². The zero-order valence-corrected chi connectivity index (χ0v) is 17.2. The molecule has 1 saturated heterocycles. The molecule has 0 atom stereocenters. The lowest BCUT2D eigenvalue weighted by molar-refractivity contribution is 0.122. The second-order valence-electron chi connectivity index (χ2n) is 7.44.